The third-order valence-corrected chi connectivity index (χ3v) is 1.02. The van der Waals surface area contributed by atoms with Crippen LogP contribution in [0.2, 0.25) is 0 Å². The van der Waals surface area contributed by atoms with Crippen LogP contribution in [-0.2, 0) is 14.3 Å². The summed E-state index contributed by atoms with van der Waals surface area (Å²) < 4.78 is 4.43. The lowest BCUT2D eigenvalue weighted by molar-refractivity contribution is -0.138. The number of carbonyl (C=O) groups excluding carboxylic acids is 1. The van der Waals surface area contributed by atoms with Gasteiger partial charge in [-0.15, -0.1) is 0 Å². The van der Waals surface area contributed by atoms with Crippen molar-refractivity contribution in [3.63, 3.8) is 0 Å². The minimum Gasteiger partial charge on any atom is -0.478 e. The number of hydrogen-bond donors (Lipinski definition) is 1. The van der Waals surface area contributed by atoms with E-state index in [1.807, 2.05) is 0 Å². The smallest absolute Gasteiger partial charge is 0.348 e. The highest BCUT2D eigenvalue weighted by molar-refractivity contribution is 5.91. The quantitative estimate of drug-likeness (QED) is 0.431. The van der Waals surface area contributed by atoms with Crippen molar-refractivity contribution >= 4 is 11.9 Å². The molecule has 0 spiro atoms. The van der Waals surface area contributed by atoms with Gasteiger partial charge in [0.25, 0.3) is 0 Å². The number of rotatable bonds is 3. The van der Waals surface area contributed by atoms with E-state index in [0.29, 0.717) is 0 Å². The van der Waals surface area contributed by atoms with Crippen LogP contribution in [0.25, 0.3) is 0 Å². The van der Waals surface area contributed by atoms with Crippen molar-refractivity contribution in [1.82, 2.24) is 0 Å². The van der Waals surface area contributed by atoms with E-state index in [2.05, 4.69) is 17.9 Å². The van der Waals surface area contributed by atoms with E-state index in [-0.39, 0.29) is 17.8 Å². The van der Waals surface area contributed by atoms with Crippen molar-refractivity contribution in [3.05, 3.63) is 24.3 Å². The first kappa shape index (κ1) is 15.4. The summed E-state index contributed by atoms with van der Waals surface area (Å²) in [5.74, 6) is -1.57. The van der Waals surface area contributed by atoms with Gasteiger partial charge in [-0.25, -0.2) is 9.59 Å². The molecule has 0 bridgehead atoms. The van der Waals surface area contributed by atoms with Gasteiger partial charge in [0, 0.05) is 5.57 Å². The molecule has 0 aliphatic rings. The molecular formula is C10H13NO4. The van der Waals surface area contributed by atoms with Crippen LogP contribution in [0.3, 0.4) is 0 Å². The van der Waals surface area contributed by atoms with Gasteiger partial charge in [0.05, 0.1) is 6.61 Å². The molecular weight excluding hydrogens is 198 g/mol. The Labute approximate surface area is 88.3 Å². The number of esters is 1. The van der Waals surface area contributed by atoms with Crippen LogP contribution in [0, 0.1) is 11.3 Å². The molecule has 0 amide bonds. The summed E-state index contributed by atoms with van der Waals surface area (Å²) in [6, 6.07) is 1.58. The average Bonchev–Trinajstić information content (AvgIpc) is 2.17. The summed E-state index contributed by atoms with van der Waals surface area (Å²) in [6.45, 7) is 9.70. The van der Waals surface area contributed by atoms with Crippen molar-refractivity contribution < 1.29 is 19.4 Å². The molecule has 15 heavy (non-hydrogen) atoms. The molecule has 1 N–H and O–H groups in total. The van der Waals surface area contributed by atoms with E-state index in [4.69, 9.17) is 10.4 Å². The fourth-order valence-electron chi connectivity index (χ4n) is 0.264. The van der Waals surface area contributed by atoms with Gasteiger partial charge >= 0.3 is 11.9 Å². The second-order valence-electron chi connectivity index (χ2n) is 2.40. The molecule has 82 valence electrons. The molecule has 0 aromatic heterocycles. The first-order valence-electron chi connectivity index (χ1n) is 4.01. The zero-order chi connectivity index (χ0) is 12.4. The van der Waals surface area contributed by atoms with Gasteiger partial charge in [0.2, 0.25) is 0 Å². The van der Waals surface area contributed by atoms with Crippen LogP contribution in [-0.4, -0.2) is 23.7 Å². The fraction of sp³-hybridized carbons (Fsp3) is 0.300. The molecule has 0 heterocycles. The highest BCUT2D eigenvalue weighted by Gasteiger charge is 2.03. The molecule has 0 unspecified atom stereocenters. The number of ether oxygens (including phenoxy) is 1. The molecule has 0 saturated heterocycles. The predicted octanol–water partition coefficient (Wildman–Crippen LogP) is 1.28. The van der Waals surface area contributed by atoms with E-state index in [9.17, 15) is 9.59 Å². The highest BCUT2D eigenvalue weighted by Crippen LogP contribution is 1.90. The fourth-order valence-corrected chi connectivity index (χ4v) is 0.264. The first-order valence-corrected chi connectivity index (χ1v) is 4.01. The average molecular weight is 211 g/mol. The zero-order valence-corrected chi connectivity index (χ0v) is 8.74. The summed E-state index contributed by atoms with van der Waals surface area (Å²) >= 11 is 0. The SMILES string of the molecule is C=C(C#N)C(=O)OCC.C=C(C)C(=O)O. The number of nitriles is 1. The molecule has 0 radical (unpaired) electrons. The van der Waals surface area contributed by atoms with Crippen LogP contribution in [0.1, 0.15) is 13.8 Å². The Hall–Kier alpha value is -2.09. The van der Waals surface area contributed by atoms with Gasteiger partial charge < -0.3 is 9.84 Å². The summed E-state index contributed by atoms with van der Waals surface area (Å²) in [4.78, 5) is 20.0. The minimum absolute atomic E-state index is 0.156. The van der Waals surface area contributed by atoms with Crippen molar-refractivity contribution in [2.45, 2.75) is 13.8 Å². The second-order valence-corrected chi connectivity index (χ2v) is 2.40. The Morgan fingerprint density at radius 3 is 2.07 bits per heavy atom. The number of aliphatic carboxylic acids is 1. The molecule has 0 aliphatic heterocycles. The normalized spacial score (nSPS) is 7.53. The maximum Gasteiger partial charge on any atom is 0.348 e. The number of carbonyl (C=O) groups is 2. The monoisotopic (exact) mass is 211 g/mol. The van der Waals surface area contributed by atoms with Crippen LogP contribution in [0.4, 0.5) is 0 Å². The van der Waals surface area contributed by atoms with E-state index in [0.717, 1.165) is 0 Å². The van der Waals surface area contributed by atoms with Crippen LogP contribution in [0.15, 0.2) is 24.3 Å². The Morgan fingerprint density at radius 1 is 1.47 bits per heavy atom. The molecule has 0 rings (SSSR count). The Kier molecular flexibility index (Phi) is 8.72. The zero-order valence-electron chi connectivity index (χ0n) is 8.74. The van der Waals surface area contributed by atoms with Crippen LogP contribution in [0.5, 0.6) is 0 Å². The third-order valence-electron chi connectivity index (χ3n) is 1.02. The minimum atomic E-state index is -0.935. The van der Waals surface area contributed by atoms with E-state index < -0.39 is 11.9 Å². The van der Waals surface area contributed by atoms with E-state index >= 15 is 0 Å². The van der Waals surface area contributed by atoms with Gasteiger partial charge in [-0.05, 0) is 13.8 Å². The highest BCUT2D eigenvalue weighted by atomic mass is 16.5. The van der Waals surface area contributed by atoms with Crippen LogP contribution >= 0.6 is 0 Å². The van der Waals surface area contributed by atoms with Gasteiger partial charge in [-0.2, -0.15) is 5.26 Å². The van der Waals surface area contributed by atoms with Crippen molar-refractivity contribution in [3.8, 4) is 6.07 Å². The standard InChI is InChI=1S/C6H7NO2.C4H6O2/c1-3-9-6(8)5(2)4-7;1-3(2)4(5)6/h2-3H2,1H3;1H2,2H3,(H,5,6). The van der Waals surface area contributed by atoms with Crippen molar-refractivity contribution in [1.29, 1.82) is 5.26 Å². The third kappa shape index (κ3) is 9.83. The maximum atomic E-state index is 10.4. The van der Waals surface area contributed by atoms with Gasteiger partial charge in [0.15, 0.2) is 0 Å². The lowest BCUT2D eigenvalue weighted by Crippen LogP contribution is -2.04. The predicted molar refractivity (Wildman–Crippen MR) is 53.8 cm³/mol. The molecule has 0 fully saturated rings. The van der Waals surface area contributed by atoms with E-state index in [1.165, 1.54) is 6.92 Å². The summed E-state index contributed by atoms with van der Waals surface area (Å²) in [5, 5.41) is 16.0. The molecule has 0 saturated carbocycles. The van der Waals surface area contributed by atoms with Gasteiger partial charge in [-0.1, -0.05) is 13.2 Å². The summed E-state index contributed by atoms with van der Waals surface area (Å²) in [6.07, 6.45) is 0. The lowest BCUT2D eigenvalue weighted by Gasteiger charge is -1.95. The molecule has 0 atom stereocenters. The van der Waals surface area contributed by atoms with Crippen molar-refractivity contribution in [2.24, 2.45) is 0 Å². The lowest BCUT2D eigenvalue weighted by atomic mass is 10.3. The maximum absolute atomic E-state index is 10.4. The molecule has 0 aromatic rings. The summed E-state index contributed by atoms with van der Waals surface area (Å²) in [7, 11) is 0. The summed E-state index contributed by atoms with van der Waals surface area (Å²) in [5.41, 5.74) is 0.0202. The molecule has 0 aliphatic carbocycles. The molecule has 5 heteroatoms. The Balaban J connectivity index is 0. The van der Waals surface area contributed by atoms with Crippen LogP contribution < -0.4 is 0 Å². The molecule has 5 nitrogen and oxygen atoms in total. The Bertz CT molecular complexity index is 300. The van der Waals surface area contributed by atoms with Gasteiger partial charge in [0.1, 0.15) is 11.6 Å². The Morgan fingerprint density at radius 2 is 1.87 bits per heavy atom. The number of hydrogen-bond acceptors (Lipinski definition) is 4. The topological polar surface area (TPSA) is 87.4 Å². The largest absolute Gasteiger partial charge is 0.478 e. The van der Waals surface area contributed by atoms with Crippen molar-refractivity contribution in [2.75, 3.05) is 6.61 Å². The second kappa shape index (κ2) is 8.51. The number of nitrogens with zero attached hydrogens (tertiary/aromatic N) is 1. The number of carboxylic acids is 1. The molecule has 0 aromatic carbocycles. The number of carboxylic acid groups (broad SMARTS) is 1. The first-order chi connectivity index (χ1) is 6.86. The van der Waals surface area contributed by atoms with E-state index in [1.54, 1.807) is 13.0 Å². The van der Waals surface area contributed by atoms with Gasteiger partial charge in [-0.3, -0.25) is 0 Å².